The maximum atomic E-state index is 10.8. The molecular weight excluding hydrogens is 176 g/mol. The van der Waals surface area contributed by atoms with Crippen LogP contribution in [-0.2, 0) is 9.53 Å². The molecule has 1 aliphatic carbocycles. The molecule has 1 saturated carbocycles. The number of hydrogen-bond donors (Lipinski definition) is 0. The van der Waals surface area contributed by atoms with E-state index in [0.717, 1.165) is 0 Å². The molecule has 2 heteroatoms. The van der Waals surface area contributed by atoms with E-state index in [4.69, 9.17) is 4.74 Å². The lowest BCUT2D eigenvalue weighted by Crippen LogP contribution is -2.23. The van der Waals surface area contributed by atoms with Crippen LogP contribution in [0, 0.1) is 5.92 Å². The number of carbonyl (C=O) groups is 1. The molecule has 1 fully saturated rings. The molecule has 0 aromatic rings. The summed E-state index contributed by atoms with van der Waals surface area (Å²) in [5.41, 5.74) is 0. The molecule has 0 spiro atoms. The molecular formula is C12H22O2. The van der Waals surface area contributed by atoms with Gasteiger partial charge in [-0.1, -0.05) is 32.1 Å². The summed E-state index contributed by atoms with van der Waals surface area (Å²) >= 11 is 0. The molecule has 0 N–H and O–H groups in total. The molecule has 1 unspecified atom stereocenters. The maximum absolute atomic E-state index is 10.8. The van der Waals surface area contributed by atoms with E-state index in [1.807, 2.05) is 6.92 Å². The van der Waals surface area contributed by atoms with Crippen molar-refractivity contribution >= 4 is 5.97 Å². The van der Waals surface area contributed by atoms with Crippen LogP contribution < -0.4 is 0 Å². The van der Waals surface area contributed by atoms with Crippen LogP contribution in [0.3, 0.4) is 0 Å². The van der Waals surface area contributed by atoms with E-state index >= 15 is 0 Å². The van der Waals surface area contributed by atoms with Gasteiger partial charge in [0.15, 0.2) is 0 Å². The maximum Gasteiger partial charge on any atom is 0.302 e. The molecule has 0 aromatic heterocycles. The van der Waals surface area contributed by atoms with Crippen molar-refractivity contribution in [2.24, 2.45) is 5.92 Å². The highest BCUT2D eigenvalue weighted by molar-refractivity contribution is 5.66. The predicted molar refractivity (Wildman–Crippen MR) is 57.0 cm³/mol. The second-order valence-electron chi connectivity index (χ2n) is 4.42. The number of esters is 1. The zero-order valence-electron chi connectivity index (χ0n) is 9.42. The molecule has 0 saturated heterocycles. The molecule has 14 heavy (non-hydrogen) atoms. The summed E-state index contributed by atoms with van der Waals surface area (Å²) in [6, 6.07) is 0. The van der Waals surface area contributed by atoms with Crippen molar-refractivity contribution in [2.75, 3.05) is 0 Å². The summed E-state index contributed by atoms with van der Waals surface area (Å²) in [7, 11) is 0. The lowest BCUT2D eigenvalue weighted by Gasteiger charge is -2.25. The Morgan fingerprint density at radius 1 is 1.14 bits per heavy atom. The highest BCUT2D eigenvalue weighted by Crippen LogP contribution is 2.26. The Morgan fingerprint density at radius 3 is 2.14 bits per heavy atom. The Labute approximate surface area is 87.0 Å². The Hall–Kier alpha value is -0.530. The zero-order chi connectivity index (χ0) is 10.4. The van der Waals surface area contributed by atoms with E-state index in [9.17, 15) is 4.79 Å². The van der Waals surface area contributed by atoms with Crippen molar-refractivity contribution in [1.29, 1.82) is 0 Å². The fourth-order valence-corrected chi connectivity index (χ4v) is 2.32. The Bertz CT molecular complexity index is 169. The van der Waals surface area contributed by atoms with Gasteiger partial charge in [-0.2, -0.15) is 0 Å². The van der Waals surface area contributed by atoms with Crippen molar-refractivity contribution in [3.63, 3.8) is 0 Å². The molecule has 2 nitrogen and oxygen atoms in total. The molecule has 0 radical (unpaired) electrons. The molecule has 0 amide bonds. The normalized spacial score (nSPS) is 22.1. The van der Waals surface area contributed by atoms with E-state index < -0.39 is 0 Å². The van der Waals surface area contributed by atoms with Crippen LogP contribution in [0.15, 0.2) is 0 Å². The second kappa shape index (κ2) is 6.05. The molecule has 0 heterocycles. The fraction of sp³-hybridized carbons (Fsp3) is 0.917. The highest BCUT2D eigenvalue weighted by Gasteiger charge is 2.20. The first kappa shape index (κ1) is 11.5. The van der Waals surface area contributed by atoms with Crippen molar-refractivity contribution in [3.05, 3.63) is 0 Å². The van der Waals surface area contributed by atoms with Gasteiger partial charge in [-0.15, -0.1) is 0 Å². The quantitative estimate of drug-likeness (QED) is 0.636. The van der Waals surface area contributed by atoms with Crippen LogP contribution >= 0.6 is 0 Å². The van der Waals surface area contributed by atoms with Gasteiger partial charge in [-0.05, 0) is 25.7 Å². The van der Waals surface area contributed by atoms with Crippen LogP contribution in [0.1, 0.15) is 58.8 Å². The topological polar surface area (TPSA) is 26.3 Å². The van der Waals surface area contributed by atoms with Crippen LogP contribution in [0.5, 0.6) is 0 Å². The van der Waals surface area contributed by atoms with E-state index in [1.165, 1.54) is 51.9 Å². The number of ether oxygens (including phenoxy) is 1. The Kier molecular flexibility index (Phi) is 4.99. The third kappa shape index (κ3) is 4.12. The van der Waals surface area contributed by atoms with Gasteiger partial charge in [0.25, 0.3) is 0 Å². The average molecular weight is 198 g/mol. The molecule has 1 atom stereocenters. The van der Waals surface area contributed by atoms with Crippen molar-refractivity contribution < 1.29 is 9.53 Å². The fourth-order valence-electron chi connectivity index (χ4n) is 2.32. The highest BCUT2D eigenvalue weighted by atomic mass is 16.5. The third-order valence-electron chi connectivity index (χ3n) is 3.17. The van der Waals surface area contributed by atoms with E-state index in [-0.39, 0.29) is 12.1 Å². The SMILES string of the molecule is CC(=O)OC(C)C1CCCCCCC1. The summed E-state index contributed by atoms with van der Waals surface area (Å²) < 4.78 is 5.25. The van der Waals surface area contributed by atoms with E-state index in [1.54, 1.807) is 0 Å². The largest absolute Gasteiger partial charge is 0.463 e. The van der Waals surface area contributed by atoms with Gasteiger partial charge in [0, 0.05) is 6.92 Å². The molecule has 82 valence electrons. The Morgan fingerprint density at radius 2 is 1.64 bits per heavy atom. The summed E-state index contributed by atoms with van der Waals surface area (Å²) in [5.74, 6) is 0.457. The average Bonchev–Trinajstić information content (AvgIpc) is 2.00. The standard InChI is InChI=1S/C12H22O2/c1-10(14-11(2)13)12-8-6-4-3-5-7-9-12/h10,12H,3-9H2,1-2H3. The summed E-state index contributed by atoms with van der Waals surface area (Å²) in [6.07, 6.45) is 9.27. The van der Waals surface area contributed by atoms with Crippen LogP contribution in [0.4, 0.5) is 0 Å². The smallest absolute Gasteiger partial charge is 0.302 e. The van der Waals surface area contributed by atoms with Gasteiger partial charge in [0.2, 0.25) is 0 Å². The van der Waals surface area contributed by atoms with Crippen LogP contribution in [-0.4, -0.2) is 12.1 Å². The zero-order valence-corrected chi connectivity index (χ0v) is 9.42. The third-order valence-corrected chi connectivity index (χ3v) is 3.17. The summed E-state index contributed by atoms with van der Waals surface area (Å²) in [6.45, 7) is 3.53. The van der Waals surface area contributed by atoms with Gasteiger partial charge in [-0.3, -0.25) is 4.79 Å². The minimum absolute atomic E-state index is 0.116. The molecule has 0 aliphatic heterocycles. The van der Waals surface area contributed by atoms with Gasteiger partial charge in [0.05, 0.1) is 0 Å². The molecule has 1 rings (SSSR count). The van der Waals surface area contributed by atoms with Crippen molar-refractivity contribution in [1.82, 2.24) is 0 Å². The first-order valence-corrected chi connectivity index (χ1v) is 5.87. The van der Waals surface area contributed by atoms with Gasteiger partial charge in [0.1, 0.15) is 6.10 Å². The molecule has 1 aliphatic rings. The van der Waals surface area contributed by atoms with Crippen molar-refractivity contribution in [3.8, 4) is 0 Å². The van der Waals surface area contributed by atoms with Crippen LogP contribution in [0.25, 0.3) is 0 Å². The monoisotopic (exact) mass is 198 g/mol. The first-order valence-electron chi connectivity index (χ1n) is 5.87. The lowest BCUT2D eigenvalue weighted by atomic mass is 9.88. The molecule has 0 aromatic carbocycles. The van der Waals surface area contributed by atoms with Crippen LogP contribution in [0.2, 0.25) is 0 Å². The van der Waals surface area contributed by atoms with E-state index in [2.05, 4.69) is 0 Å². The number of carbonyl (C=O) groups excluding carboxylic acids is 1. The van der Waals surface area contributed by atoms with Gasteiger partial charge < -0.3 is 4.74 Å². The first-order chi connectivity index (χ1) is 6.70. The predicted octanol–water partition coefficient (Wildman–Crippen LogP) is 3.30. The lowest BCUT2D eigenvalue weighted by molar-refractivity contribution is -0.148. The van der Waals surface area contributed by atoms with Gasteiger partial charge >= 0.3 is 5.97 Å². The number of rotatable bonds is 2. The molecule has 0 bridgehead atoms. The van der Waals surface area contributed by atoms with Gasteiger partial charge in [-0.25, -0.2) is 0 Å². The summed E-state index contributed by atoms with van der Waals surface area (Å²) in [4.78, 5) is 10.8. The second-order valence-corrected chi connectivity index (χ2v) is 4.42. The minimum atomic E-state index is -0.139. The minimum Gasteiger partial charge on any atom is -0.463 e. The summed E-state index contributed by atoms with van der Waals surface area (Å²) in [5, 5.41) is 0. The number of hydrogen-bond acceptors (Lipinski definition) is 2. The van der Waals surface area contributed by atoms with Crippen molar-refractivity contribution in [2.45, 2.75) is 64.9 Å². The Balaban J connectivity index is 2.34. The van der Waals surface area contributed by atoms with E-state index in [0.29, 0.717) is 5.92 Å².